The number of halogens is 1. The highest BCUT2D eigenvalue weighted by atomic mass is 32.2. The van der Waals surface area contributed by atoms with Crippen LogP contribution in [0.2, 0.25) is 0 Å². The summed E-state index contributed by atoms with van der Waals surface area (Å²) in [7, 11) is -3.79. The van der Waals surface area contributed by atoms with Crippen molar-refractivity contribution in [1.29, 1.82) is 0 Å². The van der Waals surface area contributed by atoms with Crippen molar-refractivity contribution in [2.24, 2.45) is 0 Å². The highest BCUT2D eigenvalue weighted by Gasteiger charge is 2.18. The number of carbonyl (C=O) groups excluding carboxylic acids is 1. The van der Waals surface area contributed by atoms with E-state index in [4.69, 9.17) is 5.73 Å². The van der Waals surface area contributed by atoms with E-state index in [1.165, 1.54) is 30.3 Å². The molecular weight excluding hydrogens is 283 g/mol. The quantitative estimate of drug-likeness (QED) is 0.511. The van der Waals surface area contributed by atoms with E-state index in [-0.39, 0.29) is 21.2 Å². The lowest BCUT2D eigenvalue weighted by Gasteiger charge is -2.08. The first-order valence-electron chi connectivity index (χ1n) is 5.55. The number of amides is 1. The van der Waals surface area contributed by atoms with E-state index in [1.54, 1.807) is 0 Å². The second-order valence-corrected chi connectivity index (χ2v) is 5.92. The van der Waals surface area contributed by atoms with Crippen LogP contribution in [0.1, 0.15) is 0 Å². The van der Waals surface area contributed by atoms with Gasteiger partial charge in [0.15, 0.2) is 0 Å². The van der Waals surface area contributed by atoms with Gasteiger partial charge in [0, 0.05) is 0 Å². The maximum atomic E-state index is 12.8. The summed E-state index contributed by atoms with van der Waals surface area (Å²) in [6.07, 6.45) is 0.403. The van der Waals surface area contributed by atoms with E-state index in [1.807, 2.05) is 0 Å². The lowest BCUT2D eigenvalue weighted by Crippen LogP contribution is -2.05. The van der Waals surface area contributed by atoms with E-state index >= 15 is 0 Å². The third kappa shape index (κ3) is 2.62. The molecule has 2 aromatic carbocycles. The van der Waals surface area contributed by atoms with Crippen molar-refractivity contribution in [1.82, 2.24) is 0 Å². The molecule has 3 N–H and O–H groups in total. The minimum atomic E-state index is -3.79. The Balaban J connectivity index is 2.51. The number of anilines is 2. The summed E-state index contributed by atoms with van der Waals surface area (Å²) in [5.74, 6) is -0.524. The second kappa shape index (κ2) is 5.30. The molecule has 0 spiro atoms. The number of hydrogen-bond acceptors (Lipinski definition) is 4. The number of nitrogens with two attached hydrogens (primary N) is 1. The molecule has 0 saturated carbocycles. The lowest BCUT2D eigenvalue weighted by atomic mass is 10.3. The summed E-state index contributed by atoms with van der Waals surface area (Å²) in [6, 6.07) is 8.43. The molecule has 0 radical (unpaired) electrons. The van der Waals surface area contributed by atoms with Crippen LogP contribution in [0.3, 0.4) is 0 Å². The van der Waals surface area contributed by atoms with E-state index < -0.39 is 15.7 Å². The Morgan fingerprint density at radius 3 is 2.25 bits per heavy atom. The molecule has 0 fully saturated rings. The van der Waals surface area contributed by atoms with Crippen molar-refractivity contribution >= 4 is 27.6 Å². The van der Waals surface area contributed by atoms with Crippen LogP contribution in [0.25, 0.3) is 0 Å². The number of benzene rings is 2. The molecule has 0 bridgehead atoms. The Kier molecular flexibility index (Phi) is 3.71. The smallest absolute Gasteiger partial charge is 0.211 e. The SMILES string of the molecule is Nc1ccc(S(=O)(=O)c2ccc(F)cc2)cc1NC=O. The van der Waals surface area contributed by atoms with Gasteiger partial charge < -0.3 is 11.1 Å². The van der Waals surface area contributed by atoms with Gasteiger partial charge in [0.1, 0.15) is 5.82 Å². The fourth-order valence-corrected chi connectivity index (χ4v) is 2.93. The van der Waals surface area contributed by atoms with Crippen LogP contribution < -0.4 is 11.1 Å². The van der Waals surface area contributed by atoms with E-state index in [9.17, 15) is 17.6 Å². The van der Waals surface area contributed by atoms with Crippen LogP contribution in [0, 0.1) is 5.82 Å². The largest absolute Gasteiger partial charge is 0.397 e. The molecule has 2 rings (SSSR count). The Labute approximate surface area is 115 Å². The zero-order valence-corrected chi connectivity index (χ0v) is 11.0. The highest BCUT2D eigenvalue weighted by molar-refractivity contribution is 7.91. The minimum Gasteiger partial charge on any atom is -0.397 e. The molecule has 0 aliphatic carbocycles. The molecule has 5 nitrogen and oxygen atoms in total. The van der Waals surface area contributed by atoms with Gasteiger partial charge >= 0.3 is 0 Å². The van der Waals surface area contributed by atoms with E-state index in [2.05, 4.69) is 5.32 Å². The van der Waals surface area contributed by atoms with Crippen LogP contribution in [-0.4, -0.2) is 14.8 Å². The predicted molar refractivity (Wildman–Crippen MR) is 72.4 cm³/mol. The number of hydrogen-bond donors (Lipinski definition) is 2. The molecule has 0 aromatic heterocycles. The average molecular weight is 294 g/mol. The van der Waals surface area contributed by atoms with Crippen LogP contribution in [-0.2, 0) is 14.6 Å². The van der Waals surface area contributed by atoms with Gasteiger partial charge in [-0.15, -0.1) is 0 Å². The zero-order valence-electron chi connectivity index (χ0n) is 10.2. The number of nitrogen functional groups attached to an aromatic ring is 1. The second-order valence-electron chi connectivity index (χ2n) is 3.97. The minimum absolute atomic E-state index is 0.0392. The Hall–Kier alpha value is -2.41. The summed E-state index contributed by atoms with van der Waals surface area (Å²) >= 11 is 0. The standard InChI is InChI=1S/C13H11FN2O3S/c14-9-1-3-10(4-2-9)20(18,19)11-5-6-12(15)13(7-11)16-8-17/h1-8H,15H2,(H,16,17). The molecule has 0 aliphatic heterocycles. The molecule has 104 valence electrons. The molecule has 2 aromatic rings. The molecule has 0 aliphatic rings. The van der Waals surface area contributed by atoms with Gasteiger partial charge in [-0.05, 0) is 42.5 Å². The van der Waals surface area contributed by atoms with E-state index in [0.717, 1.165) is 12.1 Å². The predicted octanol–water partition coefficient (Wildman–Crippen LogP) is 1.81. The fourth-order valence-electron chi connectivity index (χ4n) is 1.64. The van der Waals surface area contributed by atoms with Gasteiger partial charge in [0.2, 0.25) is 16.2 Å². The lowest BCUT2D eigenvalue weighted by molar-refractivity contribution is -0.105. The Bertz CT molecular complexity index is 743. The van der Waals surface area contributed by atoms with Crippen molar-refractivity contribution in [2.75, 3.05) is 11.1 Å². The summed E-state index contributed by atoms with van der Waals surface area (Å²) in [5, 5.41) is 2.32. The van der Waals surface area contributed by atoms with Crippen LogP contribution in [0.15, 0.2) is 52.3 Å². The molecule has 7 heteroatoms. The molecule has 0 atom stereocenters. The van der Waals surface area contributed by atoms with Gasteiger partial charge in [-0.25, -0.2) is 12.8 Å². The third-order valence-electron chi connectivity index (χ3n) is 2.67. The van der Waals surface area contributed by atoms with Crippen molar-refractivity contribution in [3.05, 3.63) is 48.3 Å². The molecular formula is C13H11FN2O3S. The number of carbonyl (C=O) groups is 1. The number of rotatable bonds is 4. The summed E-state index contributed by atoms with van der Waals surface area (Å²) < 4.78 is 37.5. The molecule has 1 amide bonds. The first-order valence-corrected chi connectivity index (χ1v) is 7.04. The molecule has 0 heterocycles. The molecule has 0 unspecified atom stereocenters. The van der Waals surface area contributed by atoms with Crippen molar-refractivity contribution in [3.63, 3.8) is 0 Å². The Morgan fingerprint density at radius 2 is 1.65 bits per heavy atom. The first kappa shape index (κ1) is 14.0. The zero-order chi connectivity index (χ0) is 14.8. The van der Waals surface area contributed by atoms with Gasteiger partial charge in [-0.3, -0.25) is 4.79 Å². The van der Waals surface area contributed by atoms with Gasteiger partial charge in [-0.2, -0.15) is 0 Å². The normalized spacial score (nSPS) is 11.1. The van der Waals surface area contributed by atoms with Gasteiger partial charge in [0.25, 0.3) is 0 Å². The molecule has 20 heavy (non-hydrogen) atoms. The van der Waals surface area contributed by atoms with Crippen molar-refractivity contribution in [3.8, 4) is 0 Å². The monoisotopic (exact) mass is 294 g/mol. The average Bonchev–Trinajstić information content (AvgIpc) is 2.42. The Morgan fingerprint density at radius 1 is 1.05 bits per heavy atom. The maximum absolute atomic E-state index is 12.8. The van der Waals surface area contributed by atoms with Crippen LogP contribution in [0.5, 0.6) is 0 Å². The highest BCUT2D eigenvalue weighted by Crippen LogP contribution is 2.27. The number of nitrogens with one attached hydrogen (secondary N) is 1. The summed E-state index contributed by atoms with van der Waals surface area (Å²) in [4.78, 5) is 10.4. The summed E-state index contributed by atoms with van der Waals surface area (Å²) in [6.45, 7) is 0. The fraction of sp³-hybridized carbons (Fsp3) is 0. The molecule has 0 saturated heterocycles. The van der Waals surface area contributed by atoms with Gasteiger partial charge in [-0.1, -0.05) is 0 Å². The van der Waals surface area contributed by atoms with Gasteiger partial charge in [0.05, 0.1) is 21.2 Å². The van der Waals surface area contributed by atoms with Crippen molar-refractivity contribution < 1.29 is 17.6 Å². The first-order chi connectivity index (χ1) is 9.45. The number of sulfone groups is 1. The van der Waals surface area contributed by atoms with Crippen LogP contribution in [0.4, 0.5) is 15.8 Å². The maximum Gasteiger partial charge on any atom is 0.211 e. The topological polar surface area (TPSA) is 89.3 Å². The van der Waals surface area contributed by atoms with Crippen LogP contribution >= 0.6 is 0 Å². The van der Waals surface area contributed by atoms with Crippen molar-refractivity contribution in [2.45, 2.75) is 9.79 Å². The third-order valence-corrected chi connectivity index (χ3v) is 4.44. The van der Waals surface area contributed by atoms with E-state index in [0.29, 0.717) is 6.41 Å². The summed E-state index contributed by atoms with van der Waals surface area (Å²) in [5.41, 5.74) is 6.05.